The predicted molar refractivity (Wildman–Crippen MR) is 286 cm³/mol. The largest absolute Gasteiger partial charge is 0.493 e. The molecule has 0 radical (unpaired) electrons. The number of benzene rings is 4. The van der Waals surface area contributed by atoms with Crippen LogP contribution in [0.3, 0.4) is 0 Å². The van der Waals surface area contributed by atoms with Gasteiger partial charge in [-0.15, -0.1) is 0 Å². The van der Waals surface area contributed by atoms with Gasteiger partial charge in [-0.2, -0.15) is 0 Å². The number of nitrogens with zero attached hydrogens (tertiary/aromatic N) is 7. The Bertz CT molecular complexity index is 3260. The highest BCUT2D eigenvalue weighted by Gasteiger charge is 2.45. The maximum absolute atomic E-state index is 15.5. The molecular formula is C57H58FN9O8S. The molecule has 1 unspecified atom stereocenters. The van der Waals surface area contributed by atoms with Gasteiger partial charge in [-0.25, -0.2) is 19.2 Å². The molecule has 3 N–H and O–H groups in total. The third-order valence-corrected chi connectivity index (χ3v) is 16.5. The van der Waals surface area contributed by atoms with Crippen LogP contribution in [0.2, 0.25) is 0 Å². The number of carboxylic acids is 1. The fraction of sp³-hybridized carbons (Fsp3) is 0.368. The van der Waals surface area contributed by atoms with E-state index in [1.54, 1.807) is 0 Å². The molecule has 392 valence electrons. The van der Waals surface area contributed by atoms with Crippen LogP contribution in [-0.4, -0.2) is 137 Å². The number of hydrogen-bond acceptors (Lipinski definition) is 14. The van der Waals surface area contributed by atoms with Crippen molar-refractivity contribution in [3.8, 4) is 16.9 Å². The number of piperidine rings is 2. The van der Waals surface area contributed by atoms with E-state index in [9.17, 15) is 33.9 Å². The van der Waals surface area contributed by atoms with Crippen molar-refractivity contribution in [2.24, 2.45) is 5.92 Å². The Labute approximate surface area is 442 Å². The maximum Gasteiger partial charge on any atom is 0.355 e. The van der Waals surface area contributed by atoms with Gasteiger partial charge in [0.15, 0.2) is 10.8 Å². The zero-order valence-corrected chi connectivity index (χ0v) is 43.0. The van der Waals surface area contributed by atoms with Gasteiger partial charge in [-0.05, 0) is 142 Å². The number of imide groups is 2. The quantitative estimate of drug-likeness (QED) is 0.0679. The average Bonchev–Trinajstić information content (AvgIpc) is 3.98. The van der Waals surface area contributed by atoms with Crippen LogP contribution in [0, 0.1) is 18.7 Å². The first-order valence-electron chi connectivity index (χ1n) is 26.1. The number of unbranched alkanes of at least 4 members (excludes halogenated alkanes) is 1. The number of nitrogens with one attached hydrogen (secondary N) is 2. The van der Waals surface area contributed by atoms with E-state index in [0.29, 0.717) is 73.0 Å². The number of rotatable bonds is 15. The lowest BCUT2D eigenvalue weighted by molar-refractivity contribution is -0.136. The summed E-state index contributed by atoms with van der Waals surface area (Å²) in [6.45, 7) is 10.1. The Balaban J connectivity index is 0.630. The molecule has 4 aromatic carbocycles. The second-order valence-corrected chi connectivity index (χ2v) is 21.3. The zero-order valence-electron chi connectivity index (χ0n) is 42.2. The number of thiazole rings is 1. The number of carbonyl (C=O) groups is 6. The minimum Gasteiger partial charge on any atom is -0.493 e. The number of hydrogen-bond donors (Lipinski definition) is 3. The lowest BCUT2D eigenvalue weighted by Gasteiger charge is -2.39. The molecule has 0 saturated carbocycles. The number of pyridine rings is 1. The summed E-state index contributed by atoms with van der Waals surface area (Å²) < 4.78 is 22.8. The van der Waals surface area contributed by atoms with E-state index in [2.05, 4.69) is 25.4 Å². The topological polar surface area (TPSA) is 198 Å². The molecule has 19 heteroatoms. The van der Waals surface area contributed by atoms with Crippen LogP contribution in [0.4, 0.5) is 21.0 Å². The minimum absolute atomic E-state index is 0.0135. The number of halogens is 1. The summed E-state index contributed by atoms with van der Waals surface area (Å²) in [4.78, 5) is 96.2. The molecule has 76 heavy (non-hydrogen) atoms. The summed E-state index contributed by atoms with van der Waals surface area (Å²) in [5.74, 6) is -2.70. The summed E-state index contributed by atoms with van der Waals surface area (Å²) in [7, 11) is 0. The van der Waals surface area contributed by atoms with Crippen LogP contribution < -0.4 is 25.2 Å². The van der Waals surface area contributed by atoms with E-state index in [-0.39, 0.29) is 41.3 Å². The number of aromatic nitrogens is 2. The maximum atomic E-state index is 15.5. The van der Waals surface area contributed by atoms with Crippen molar-refractivity contribution in [2.75, 3.05) is 80.6 Å². The van der Waals surface area contributed by atoms with Gasteiger partial charge in [-0.1, -0.05) is 47.7 Å². The molecule has 0 bridgehead atoms. The van der Waals surface area contributed by atoms with Crippen molar-refractivity contribution in [2.45, 2.75) is 64.5 Å². The molecule has 3 fully saturated rings. The fourth-order valence-electron chi connectivity index (χ4n) is 11.4. The first-order chi connectivity index (χ1) is 36.9. The molecule has 6 aromatic rings. The van der Waals surface area contributed by atoms with Gasteiger partial charge in [0.1, 0.15) is 23.4 Å². The zero-order chi connectivity index (χ0) is 52.6. The first kappa shape index (κ1) is 50.5. The molecule has 2 aromatic heterocycles. The highest BCUT2D eigenvalue weighted by Crippen LogP contribution is 2.37. The summed E-state index contributed by atoms with van der Waals surface area (Å²) in [5, 5.41) is 16.2. The average molecular weight is 1050 g/mol. The van der Waals surface area contributed by atoms with E-state index in [4.69, 9.17) is 9.72 Å². The van der Waals surface area contributed by atoms with Gasteiger partial charge in [-0.3, -0.25) is 44.4 Å². The Hall–Kier alpha value is -7.61. The van der Waals surface area contributed by atoms with E-state index in [1.165, 1.54) is 17.4 Å². The monoisotopic (exact) mass is 1050 g/mol. The number of likely N-dealkylation sites (tertiary alicyclic amines) is 1. The number of carbonyl (C=O) groups excluding carboxylic acids is 5. The Kier molecular flexibility index (Phi) is 14.3. The molecule has 1 atom stereocenters. The van der Waals surface area contributed by atoms with Gasteiger partial charge >= 0.3 is 5.97 Å². The second kappa shape index (κ2) is 21.6. The highest BCUT2D eigenvalue weighted by molar-refractivity contribution is 7.22. The molecule has 5 aliphatic heterocycles. The molecule has 0 spiro atoms. The second-order valence-electron chi connectivity index (χ2n) is 20.3. The molecule has 0 aliphatic carbocycles. The number of carboxylic acid groups (broad SMARTS) is 1. The van der Waals surface area contributed by atoms with Crippen LogP contribution in [-0.2, 0) is 22.6 Å². The Morgan fingerprint density at radius 2 is 1.57 bits per heavy atom. The number of fused-ring (bicyclic) bond motifs is 3. The van der Waals surface area contributed by atoms with Crippen LogP contribution in [0.15, 0.2) is 84.9 Å². The van der Waals surface area contributed by atoms with E-state index in [0.717, 1.165) is 108 Å². The number of aromatic carboxylic acids is 1. The molecular weight excluding hydrogens is 990 g/mol. The van der Waals surface area contributed by atoms with Crippen molar-refractivity contribution in [3.63, 3.8) is 0 Å². The SMILES string of the molecule is Cc1c(OCCCCN2CCC(CN3CCN(c4cc5c(cc4F)C(=O)N(C4CCC(=O)NC4=O)C5=O)CC3)CC2)cccc1-c1ccc(N2CCc3cccc(C(=O)Nc4nc5ccccc5s4)c3C2)nc1C(=O)O. The van der Waals surface area contributed by atoms with E-state index >= 15 is 4.39 Å². The van der Waals surface area contributed by atoms with Gasteiger partial charge < -0.3 is 24.5 Å². The number of ether oxygens (including phenoxy) is 1. The van der Waals surface area contributed by atoms with Crippen molar-refractivity contribution in [3.05, 3.63) is 130 Å². The lowest BCUT2D eigenvalue weighted by Crippen LogP contribution is -2.54. The summed E-state index contributed by atoms with van der Waals surface area (Å²) in [5.41, 5.74) is 5.63. The van der Waals surface area contributed by atoms with Gasteiger partial charge in [0.25, 0.3) is 17.7 Å². The molecule has 5 amide bonds. The standard InChI is InChI=1S/C57H58FN9O8S/c1-34-37(38-14-16-49(60-51(38)56(73)74)66-24-20-36-8-6-10-39(42(36)33-66)52(69)62-57-59-44-11-2-3-13-48(44)76-57)9-7-12-47(34)75-29-5-4-21-63-22-18-35(19-23-63)32-64-25-27-65(28-26-64)46-31-41-40(30-43(46)58)54(71)67(55(41)72)45-15-17-50(68)61-53(45)70/h2-3,6-14,16,30-31,35,45H,4-5,15,17-29,32-33H2,1H3,(H,73,74)(H,59,62,69)(H,61,68,70). The molecule has 11 rings (SSSR count). The third-order valence-electron chi connectivity index (χ3n) is 15.6. The minimum atomic E-state index is -1.13. The van der Waals surface area contributed by atoms with Crippen LogP contribution >= 0.6 is 11.3 Å². The third kappa shape index (κ3) is 10.3. The van der Waals surface area contributed by atoms with Crippen molar-refractivity contribution in [1.29, 1.82) is 0 Å². The van der Waals surface area contributed by atoms with Crippen molar-refractivity contribution < 1.29 is 43.0 Å². The van der Waals surface area contributed by atoms with Gasteiger partial charge in [0.2, 0.25) is 11.8 Å². The van der Waals surface area contributed by atoms with Crippen molar-refractivity contribution in [1.82, 2.24) is 30.0 Å². The molecule has 3 saturated heterocycles. The summed E-state index contributed by atoms with van der Waals surface area (Å²) in [6, 6.07) is 24.3. The van der Waals surface area contributed by atoms with Crippen molar-refractivity contribution >= 4 is 73.7 Å². The van der Waals surface area contributed by atoms with Crippen LogP contribution in [0.1, 0.15) is 96.8 Å². The molecule has 17 nitrogen and oxygen atoms in total. The van der Waals surface area contributed by atoms with Gasteiger partial charge in [0, 0.05) is 63.4 Å². The van der Waals surface area contributed by atoms with E-state index < -0.39 is 41.5 Å². The molecule has 5 aliphatic rings. The van der Waals surface area contributed by atoms with Crippen LogP contribution in [0.25, 0.3) is 21.3 Å². The Morgan fingerprint density at radius 3 is 2.34 bits per heavy atom. The lowest BCUT2D eigenvalue weighted by atomic mass is 9.94. The van der Waals surface area contributed by atoms with E-state index in [1.807, 2.05) is 89.5 Å². The first-order valence-corrected chi connectivity index (χ1v) is 26.9. The number of amides is 5. The predicted octanol–water partition coefficient (Wildman–Crippen LogP) is 7.41. The Morgan fingerprint density at radius 1 is 0.789 bits per heavy atom. The smallest absolute Gasteiger partial charge is 0.355 e. The highest BCUT2D eigenvalue weighted by atomic mass is 32.1. The number of piperazine rings is 1. The summed E-state index contributed by atoms with van der Waals surface area (Å²) >= 11 is 1.42. The number of anilines is 3. The van der Waals surface area contributed by atoms with Crippen LogP contribution in [0.5, 0.6) is 5.75 Å². The molecule has 7 heterocycles. The number of para-hydroxylation sites is 1. The fourth-order valence-corrected chi connectivity index (χ4v) is 12.3. The normalized spacial score (nSPS) is 18.5. The van der Waals surface area contributed by atoms with Gasteiger partial charge in [0.05, 0.1) is 33.6 Å². The summed E-state index contributed by atoms with van der Waals surface area (Å²) in [6.07, 6.45) is 4.75.